The molecule has 0 aliphatic heterocycles. The fourth-order valence-corrected chi connectivity index (χ4v) is 2.89. The van der Waals surface area contributed by atoms with Gasteiger partial charge >= 0.3 is 11.9 Å². The van der Waals surface area contributed by atoms with E-state index in [2.05, 4.69) is 19.1 Å². The third-order valence-corrected chi connectivity index (χ3v) is 4.25. The molecule has 0 fully saturated rings. The van der Waals surface area contributed by atoms with Crippen molar-refractivity contribution in [3.8, 4) is 0 Å². The first kappa shape index (κ1) is 21.4. The van der Waals surface area contributed by atoms with Gasteiger partial charge in [-0.2, -0.15) is 0 Å². The molecule has 0 aromatic heterocycles. The average molecular weight is 380 g/mol. The van der Waals surface area contributed by atoms with Gasteiger partial charge in [-0.15, -0.1) is 0 Å². The van der Waals surface area contributed by atoms with Gasteiger partial charge in [0.05, 0.1) is 0 Å². The van der Waals surface area contributed by atoms with E-state index in [1.165, 1.54) is 19.4 Å². The maximum atomic E-state index is 11.5. The first-order valence-corrected chi connectivity index (χ1v) is 9.65. The van der Waals surface area contributed by atoms with E-state index in [-0.39, 0.29) is 0 Å². The Morgan fingerprint density at radius 2 is 1.50 bits per heavy atom. The fraction of sp³-hybridized carbons (Fsp3) is 0.333. The zero-order valence-electron chi connectivity index (χ0n) is 16.8. The van der Waals surface area contributed by atoms with Gasteiger partial charge in [0.1, 0.15) is 0 Å². The minimum atomic E-state index is -1.05. The molecule has 0 unspecified atom stereocenters. The number of esters is 2. The van der Waals surface area contributed by atoms with Crippen molar-refractivity contribution < 1.29 is 19.1 Å². The van der Waals surface area contributed by atoms with Gasteiger partial charge in [-0.1, -0.05) is 67.9 Å². The van der Waals surface area contributed by atoms with Crippen molar-refractivity contribution >= 4 is 18.0 Å². The first-order chi connectivity index (χ1) is 13.5. The van der Waals surface area contributed by atoms with Gasteiger partial charge in [0.25, 0.3) is 6.29 Å². The summed E-state index contributed by atoms with van der Waals surface area (Å²) in [5.74, 6) is -1.000. The SMILES string of the molecule is CCCCc1ccc(C=C(Cc2ccccc2)C(OC(C)=O)OC(C)=O)cc1. The summed E-state index contributed by atoms with van der Waals surface area (Å²) in [6.45, 7) is 4.79. The number of unbranched alkanes of at least 4 members (excludes halogenated alkanes) is 1. The molecule has 2 aromatic carbocycles. The maximum absolute atomic E-state index is 11.5. The molecule has 0 bridgehead atoms. The monoisotopic (exact) mass is 380 g/mol. The molecule has 0 heterocycles. The van der Waals surface area contributed by atoms with E-state index in [0.717, 1.165) is 30.4 Å². The third kappa shape index (κ3) is 7.39. The first-order valence-electron chi connectivity index (χ1n) is 9.65. The highest BCUT2D eigenvalue weighted by molar-refractivity contribution is 5.69. The Morgan fingerprint density at radius 1 is 0.893 bits per heavy atom. The lowest BCUT2D eigenvalue weighted by molar-refractivity contribution is -0.178. The van der Waals surface area contributed by atoms with E-state index in [4.69, 9.17) is 9.47 Å². The number of hydrogen-bond acceptors (Lipinski definition) is 4. The van der Waals surface area contributed by atoms with Crippen LogP contribution in [0.1, 0.15) is 50.3 Å². The minimum absolute atomic E-state index is 0.500. The zero-order valence-corrected chi connectivity index (χ0v) is 16.8. The molecule has 0 atom stereocenters. The molecule has 148 valence electrons. The van der Waals surface area contributed by atoms with Crippen LogP contribution < -0.4 is 0 Å². The highest BCUT2D eigenvalue weighted by atomic mass is 16.7. The van der Waals surface area contributed by atoms with E-state index in [1.807, 2.05) is 48.5 Å². The van der Waals surface area contributed by atoms with Crippen LogP contribution >= 0.6 is 0 Å². The molecule has 0 radical (unpaired) electrons. The Balaban J connectivity index is 2.33. The molecule has 0 spiro atoms. The lowest BCUT2D eigenvalue weighted by Gasteiger charge is -2.20. The Bertz CT molecular complexity index is 775. The molecule has 0 saturated heterocycles. The molecule has 4 nitrogen and oxygen atoms in total. The Morgan fingerprint density at radius 3 is 2.04 bits per heavy atom. The Kier molecular flexibility index (Phi) is 8.47. The summed E-state index contributed by atoms with van der Waals surface area (Å²) in [7, 11) is 0. The standard InChI is InChI=1S/C24H28O4/c1-4-5-9-20-12-14-22(15-13-20)17-23(16-21-10-7-6-8-11-21)24(27-18(2)25)28-19(3)26/h6-8,10-15,17,24H,4-5,9,16H2,1-3H3. The van der Waals surface area contributed by atoms with Crippen LogP contribution in [0.25, 0.3) is 6.08 Å². The number of carbonyl (C=O) groups excluding carboxylic acids is 2. The van der Waals surface area contributed by atoms with E-state index in [1.54, 1.807) is 0 Å². The number of aryl methyl sites for hydroxylation is 1. The maximum Gasteiger partial charge on any atom is 0.305 e. The fourth-order valence-electron chi connectivity index (χ4n) is 2.89. The minimum Gasteiger partial charge on any atom is -0.421 e. The summed E-state index contributed by atoms with van der Waals surface area (Å²) < 4.78 is 10.6. The molecule has 0 aliphatic rings. The second-order valence-corrected chi connectivity index (χ2v) is 6.78. The van der Waals surface area contributed by atoms with Gasteiger partial charge in [0.2, 0.25) is 0 Å². The van der Waals surface area contributed by atoms with Crippen LogP contribution in [0.4, 0.5) is 0 Å². The lowest BCUT2D eigenvalue weighted by Crippen LogP contribution is -2.25. The molecule has 4 heteroatoms. The van der Waals surface area contributed by atoms with E-state index >= 15 is 0 Å². The smallest absolute Gasteiger partial charge is 0.305 e. The van der Waals surface area contributed by atoms with Gasteiger partial charge < -0.3 is 9.47 Å². The second kappa shape index (κ2) is 11.1. The lowest BCUT2D eigenvalue weighted by atomic mass is 10.0. The summed E-state index contributed by atoms with van der Waals surface area (Å²) >= 11 is 0. The molecule has 2 rings (SSSR count). The van der Waals surface area contributed by atoms with Crippen LogP contribution in [-0.4, -0.2) is 18.2 Å². The van der Waals surface area contributed by atoms with Crippen LogP contribution in [-0.2, 0) is 31.9 Å². The summed E-state index contributed by atoms with van der Waals surface area (Å²) in [4.78, 5) is 23.1. The van der Waals surface area contributed by atoms with Crippen molar-refractivity contribution in [2.24, 2.45) is 0 Å². The normalized spacial score (nSPS) is 11.4. The number of benzene rings is 2. The summed E-state index contributed by atoms with van der Waals surface area (Å²) in [5.41, 5.74) is 4.01. The van der Waals surface area contributed by atoms with E-state index < -0.39 is 18.2 Å². The average Bonchev–Trinajstić information content (AvgIpc) is 2.66. The van der Waals surface area contributed by atoms with Gasteiger partial charge in [-0.3, -0.25) is 9.59 Å². The molecule has 0 saturated carbocycles. The number of hydrogen-bond donors (Lipinski definition) is 0. The van der Waals surface area contributed by atoms with Crippen molar-refractivity contribution in [1.82, 2.24) is 0 Å². The summed E-state index contributed by atoms with van der Waals surface area (Å²) in [6.07, 6.45) is 4.76. The van der Waals surface area contributed by atoms with E-state index in [9.17, 15) is 9.59 Å². The van der Waals surface area contributed by atoms with Crippen LogP contribution in [0.2, 0.25) is 0 Å². The summed E-state index contributed by atoms with van der Waals surface area (Å²) in [5, 5.41) is 0. The topological polar surface area (TPSA) is 52.6 Å². The van der Waals surface area contributed by atoms with Gasteiger partial charge in [-0.25, -0.2) is 0 Å². The summed E-state index contributed by atoms with van der Waals surface area (Å²) in [6, 6.07) is 18.1. The van der Waals surface area contributed by atoms with Crippen molar-refractivity contribution in [3.63, 3.8) is 0 Å². The van der Waals surface area contributed by atoms with Crippen molar-refractivity contribution in [3.05, 3.63) is 76.9 Å². The number of rotatable bonds is 9. The molecule has 2 aromatic rings. The van der Waals surface area contributed by atoms with Crippen LogP contribution in [0.15, 0.2) is 60.2 Å². The van der Waals surface area contributed by atoms with Gasteiger partial charge in [0.15, 0.2) is 0 Å². The molecular weight excluding hydrogens is 352 g/mol. The number of ether oxygens (including phenoxy) is 2. The zero-order chi connectivity index (χ0) is 20.4. The van der Waals surface area contributed by atoms with Crippen LogP contribution in [0.3, 0.4) is 0 Å². The molecule has 0 aliphatic carbocycles. The van der Waals surface area contributed by atoms with E-state index in [0.29, 0.717) is 12.0 Å². The molecule has 0 N–H and O–H groups in total. The molecular formula is C24H28O4. The van der Waals surface area contributed by atoms with Crippen molar-refractivity contribution in [2.75, 3.05) is 0 Å². The van der Waals surface area contributed by atoms with Crippen LogP contribution in [0, 0.1) is 0 Å². The second-order valence-electron chi connectivity index (χ2n) is 6.78. The van der Waals surface area contributed by atoms with Crippen molar-refractivity contribution in [2.45, 2.75) is 52.7 Å². The van der Waals surface area contributed by atoms with Crippen molar-refractivity contribution in [1.29, 1.82) is 0 Å². The van der Waals surface area contributed by atoms with Crippen LogP contribution in [0.5, 0.6) is 0 Å². The quantitative estimate of drug-likeness (QED) is 0.448. The molecule has 28 heavy (non-hydrogen) atoms. The predicted molar refractivity (Wildman–Crippen MR) is 110 cm³/mol. The van der Waals surface area contributed by atoms with Gasteiger partial charge in [-0.05, 0) is 35.6 Å². The highest BCUT2D eigenvalue weighted by Crippen LogP contribution is 2.20. The highest BCUT2D eigenvalue weighted by Gasteiger charge is 2.21. The predicted octanol–water partition coefficient (Wildman–Crippen LogP) is 5.11. The Labute approximate surface area is 167 Å². The van der Waals surface area contributed by atoms with Gasteiger partial charge in [0, 0.05) is 25.8 Å². The third-order valence-electron chi connectivity index (χ3n) is 4.25. The largest absolute Gasteiger partial charge is 0.421 e. The number of carbonyl (C=O) groups is 2. The molecule has 0 amide bonds. The Hall–Kier alpha value is -2.88.